The molecule has 1 heterocycles. The molecule has 2 fully saturated rings. The van der Waals surface area contributed by atoms with Crippen molar-refractivity contribution < 1.29 is 4.79 Å². The van der Waals surface area contributed by atoms with Crippen molar-refractivity contribution in [1.29, 1.82) is 0 Å². The molecule has 0 aliphatic heterocycles. The Kier molecular flexibility index (Phi) is 2.69. The zero-order chi connectivity index (χ0) is 12.7. The summed E-state index contributed by atoms with van der Waals surface area (Å²) in [5.74, 6) is 0.371. The van der Waals surface area contributed by atoms with Gasteiger partial charge in [0.1, 0.15) is 6.04 Å². The molecule has 5 heteroatoms. The van der Waals surface area contributed by atoms with Crippen LogP contribution in [0.25, 0.3) is 0 Å². The Morgan fingerprint density at radius 2 is 2.11 bits per heavy atom. The van der Waals surface area contributed by atoms with E-state index in [1.807, 2.05) is 0 Å². The van der Waals surface area contributed by atoms with Gasteiger partial charge in [0, 0.05) is 18.0 Å². The van der Waals surface area contributed by atoms with Crippen LogP contribution < -0.4 is 10.9 Å². The molecule has 1 aromatic heterocycles. The van der Waals surface area contributed by atoms with Gasteiger partial charge in [-0.1, -0.05) is 0 Å². The molecule has 2 saturated carbocycles. The predicted octanol–water partition coefficient (Wildman–Crippen LogP) is 0.960. The minimum absolute atomic E-state index is 0.111. The molecule has 1 aromatic rings. The zero-order valence-corrected chi connectivity index (χ0v) is 10.4. The number of rotatable bonds is 4. The Morgan fingerprint density at radius 1 is 1.39 bits per heavy atom. The zero-order valence-electron chi connectivity index (χ0n) is 10.4. The summed E-state index contributed by atoms with van der Waals surface area (Å²) in [7, 11) is 0. The lowest BCUT2D eigenvalue weighted by Gasteiger charge is -2.14. The fourth-order valence-corrected chi connectivity index (χ4v) is 1.97. The lowest BCUT2D eigenvalue weighted by molar-refractivity contribution is -0.124. The highest BCUT2D eigenvalue weighted by atomic mass is 16.2. The van der Waals surface area contributed by atoms with Crippen molar-refractivity contribution >= 4 is 5.91 Å². The van der Waals surface area contributed by atoms with E-state index < -0.39 is 6.04 Å². The van der Waals surface area contributed by atoms with Crippen molar-refractivity contribution in [2.75, 3.05) is 0 Å². The van der Waals surface area contributed by atoms with Gasteiger partial charge in [-0.3, -0.25) is 9.59 Å². The van der Waals surface area contributed by atoms with Gasteiger partial charge in [-0.05, 0) is 38.7 Å². The summed E-state index contributed by atoms with van der Waals surface area (Å²) >= 11 is 0. The van der Waals surface area contributed by atoms with Crippen molar-refractivity contribution in [2.24, 2.45) is 0 Å². The minimum atomic E-state index is -0.531. The van der Waals surface area contributed by atoms with E-state index in [2.05, 4.69) is 10.4 Å². The molecule has 3 rings (SSSR count). The highest BCUT2D eigenvalue weighted by Gasteiger charge is 2.29. The van der Waals surface area contributed by atoms with Crippen LogP contribution in [0.2, 0.25) is 0 Å². The monoisotopic (exact) mass is 247 g/mol. The smallest absolute Gasteiger partial charge is 0.267 e. The van der Waals surface area contributed by atoms with E-state index >= 15 is 0 Å². The predicted molar refractivity (Wildman–Crippen MR) is 66.3 cm³/mol. The van der Waals surface area contributed by atoms with Crippen molar-refractivity contribution in [1.82, 2.24) is 15.1 Å². The molecule has 1 atom stereocenters. The quantitative estimate of drug-likeness (QED) is 0.862. The van der Waals surface area contributed by atoms with Crippen LogP contribution in [0.5, 0.6) is 0 Å². The first-order valence-electron chi connectivity index (χ1n) is 6.55. The van der Waals surface area contributed by atoms with Gasteiger partial charge in [0.05, 0.1) is 5.69 Å². The number of nitrogens with one attached hydrogen (secondary N) is 1. The van der Waals surface area contributed by atoms with Crippen LogP contribution in [0.15, 0.2) is 16.9 Å². The summed E-state index contributed by atoms with van der Waals surface area (Å²) in [6.07, 6.45) is 4.35. The van der Waals surface area contributed by atoms with Gasteiger partial charge < -0.3 is 5.32 Å². The Labute approximate surface area is 105 Å². The van der Waals surface area contributed by atoms with Crippen LogP contribution >= 0.6 is 0 Å². The summed E-state index contributed by atoms with van der Waals surface area (Å²) in [6, 6.07) is 3.07. The molecule has 1 amide bonds. The first-order valence-corrected chi connectivity index (χ1v) is 6.55. The first-order chi connectivity index (χ1) is 8.65. The molecule has 0 spiro atoms. The Hall–Kier alpha value is -1.65. The van der Waals surface area contributed by atoms with E-state index in [0.29, 0.717) is 12.0 Å². The second kappa shape index (κ2) is 4.23. The number of amides is 1. The topological polar surface area (TPSA) is 64.0 Å². The lowest BCUT2D eigenvalue weighted by Crippen LogP contribution is -2.38. The normalized spacial score (nSPS) is 20.5. The van der Waals surface area contributed by atoms with Crippen LogP contribution in [0, 0.1) is 0 Å². The van der Waals surface area contributed by atoms with Crippen molar-refractivity contribution in [3.05, 3.63) is 28.2 Å². The maximum Gasteiger partial charge on any atom is 0.267 e. The van der Waals surface area contributed by atoms with Gasteiger partial charge in [0.2, 0.25) is 5.91 Å². The first kappa shape index (κ1) is 11.4. The van der Waals surface area contributed by atoms with Gasteiger partial charge in [-0.15, -0.1) is 0 Å². The number of nitrogens with zero attached hydrogens (tertiary/aromatic N) is 2. The summed E-state index contributed by atoms with van der Waals surface area (Å²) in [5, 5.41) is 7.23. The molecule has 0 bridgehead atoms. The van der Waals surface area contributed by atoms with Gasteiger partial charge >= 0.3 is 0 Å². The standard InChI is InChI=1S/C13H17N3O2/c1-8(13(18)14-10-4-5-10)16-12(17)7-6-11(15-16)9-2-3-9/h6-10H,2-5H2,1H3,(H,14,18). The Bertz CT molecular complexity index is 529. The van der Waals surface area contributed by atoms with Crippen molar-refractivity contribution in [3.8, 4) is 0 Å². The van der Waals surface area contributed by atoms with Crippen LogP contribution in [0.1, 0.15) is 50.3 Å². The van der Waals surface area contributed by atoms with Crippen LogP contribution in [0.4, 0.5) is 0 Å². The second-order valence-electron chi connectivity index (χ2n) is 5.27. The molecule has 5 nitrogen and oxygen atoms in total. The number of aromatic nitrogens is 2. The number of carbonyl (C=O) groups is 1. The van der Waals surface area contributed by atoms with Crippen LogP contribution in [0.3, 0.4) is 0 Å². The van der Waals surface area contributed by atoms with Crippen LogP contribution in [-0.4, -0.2) is 21.7 Å². The second-order valence-corrected chi connectivity index (χ2v) is 5.27. The summed E-state index contributed by atoms with van der Waals surface area (Å²) < 4.78 is 1.31. The maximum absolute atomic E-state index is 11.9. The molecule has 18 heavy (non-hydrogen) atoms. The van der Waals surface area contributed by atoms with Crippen molar-refractivity contribution in [2.45, 2.75) is 50.6 Å². The van der Waals surface area contributed by atoms with E-state index in [1.165, 1.54) is 10.7 Å². The van der Waals surface area contributed by atoms with Gasteiger partial charge in [-0.2, -0.15) is 5.10 Å². The van der Waals surface area contributed by atoms with Crippen molar-refractivity contribution in [3.63, 3.8) is 0 Å². The molecule has 1 N–H and O–H groups in total. The highest BCUT2D eigenvalue weighted by molar-refractivity contribution is 5.80. The number of carbonyl (C=O) groups excluding carboxylic acids is 1. The third-order valence-electron chi connectivity index (χ3n) is 3.51. The fourth-order valence-electron chi connectivity index (χ4n) is 1.97. The molecule has 0 saturated heterocycles. The van der Waals surface area contributed by atoms with E-state index in [9.17, 15) is 9.59 Å². The average molecular weight is 247 g/mol. The number of hydrogen-bond donors (Lipinski definition) is 1. The Balaban J connectivity index is 1.82. The van der Waals surface area contributed by atoms with Gasteiger partial charge in [0.25, 0.3) is 5.56 Å². The molecule has 0 aromatic carbocycles. The summed E-state index contributed by atoms with van der Waals surface area (Å²) in [6.45, 7) is 1.72. The SMILES string of the molecule is CC(C(=O)NC1CC1)n1nc(C2CC2)ccc1=O. The molecular weight excluding hydrogens is 230 g/mol. The molecule has 1 unspecified atom stereocenters. The molecule has 0 radical (unpaired) electrons. The maximum atomic E-state index is 11.9. The lowest BCUT2D eigenvalue weighted by atomic mass is 10.2. The summed E-state index contributed by atoms with van der Waals surface area (Å²) in [4.78, 5) is 23.7. The molecule has 2 aliphatic carbocycles. The van der Waals surface area contributed by atoms with E-state index in [-0.39, 0.29) is 11.5 Å². The third-order valence-corrected chi connectivity index (χ3v) is 3.51. The van der Waals surface area contributed by atoms with E-state index in [0.717, 1.165) is 31.4 Å². The largest absolute Gasteiger partial charge is 0.352 e. The molecule has 96 valence electrons. The molecular formula is C13H17N3O2. The minimum Gasteiger partial charge on any atom is -0.352 e. The Morgan fingerprint density at radius 3 is 2.72 bits per heavy atom. The van der Waals surface area contributed by atoms with Gasteiger partial charge in [0.15, 0.2) is 0 Å². The van der Waals surface area contributed by atoms with Gasteiger partial charge in [-0.25, -0.2) is 4.68 Å². The fraction of sp³-hybridized carbons (Fsp3) is 0.615. The summed E-state index contributed by atoms with van der Waals surface area (Å²) in [5.41, 5.74) is 0.721. The highest BCUT2D eigenvalue weighted by Crippen LogP contribution is 2.38. The average Bonchev–Trinajstić information content (AvgIpc) is 3.21. The number of hydrogen-bond acceptors (Lipinski definition) is 3. The van der Waals surface area contributed by atoms with E-state index in [4.69, 9.17) is 0 Å². The third kappa shape index (κ3) is 2.30. The molecule has 2 aliphatic rings. The van der Waals surface area contributed by atoms with E-state index in [1.54, 1.807) is 13.0 Å². The van der Waals surface area contributed by atoms with Crippen LogP contribution in [-0.2, 0) is 4.79 Å².